The lowest BCUT2D eigenvalue weighted by molar-refractivity contribution is 0.152. The Balaban J connectivity index is 2.02. The lowest BCUT2D eigenvalue weighted by atomic mass is 9.79. The molecule has 0 radical (unpaired) electrons. The first-order valence-electron chi connectivity index (χ1n) is 7.06. The van der Waals surface area contributed by atoms with E-state index in [1.807, 2.05) is 12.1 Å². The lowest BCUT2D eigenvalue weighted by Crippen LogP contribution is -2.36. The Bertz CT molecular complexity index is 415. The van der Waals surface area contributed by atoms with Crippen LogP contribution in [0.4, 0.5) is 0 Å². The van der Waals surface area contributed by atoms with Crippen molar-refractivity contribution in [3.8, 4) is 0 Å². The fourth-order valence-corrected chi connectivity index (χ4v) is 3.18. The topological polar surface area (TPSA) is 23.5 Å². The van der Waals surface area contributed by atoms with Gasteiger partial charge in [0, 0.05) is 24.2 Å². The maximum Gasteiger partial charge on any atom is 0.0679 e. The van der Waals surface area contributed by atoms with Gasteiger partial charge in [0.2, 0.25) is 0 Å². The van der Waals surface area contributed by atoms with Crippen molar-refractivity contribution >= 4 is 11.6 Å². The number of hydrogen-bond acceptors (Lipinski definition) is 2. The molecule has 0 saturated carbocycles. The third-order valence-corrected chi connectivity index (χ3v) is 4.50. The molecule has 1 heterocycles. The zero-order chi connectivity index (χ0) is 14.0. The largest absolute Gasteiger partial charge is 0.392 e. The molecule has 1 aromatic rings. The van der Waals surface area contributed by atoms with E-state index in [2.05, 4.69) is 37.8 Å². The molecule has 0 aliphatic carbocycles. The first-order chi connectivity index (χ1) is 8.88. The number of halogens is 1. The molecule has 1 saturated heterocycles. The van der Waals surface area contributed by atoms with Gasteiger partial charge < -0.3 is 5.11 Å². The highest BCUT2D eigenvalue weighted by Gasteiger charge is 2.29. The normalized spacial score (nSPS) is 22.7. The van der Waals surface area contributed by atoms with Gasteiger partial charge in [-0.25, -0.2) is 0 Å². The summed E-state index contributed by atoms with van der Waals surface area (Å²) in [6, 6.07) is 8.65. The van der Waals surface area contributed by atoms with Crippen LogP contribution >= 0.6 is 11.6 Å². The highest BCUT2D eigenvalue weighted by atomic mass is 35.5. The van der Waals surface area contributed by atoms with E-state index in [4.69, 9.17) is 11.6 Å². The second-order valence-corrected chi connectivity index (χ2v) is 6.82. The highest BCUT2D eigenvalue weighted by molar-refractivity contribution is 6.30. The minimum Gasteiger partial charge on any atom is -0.392 e. The molecule has 1 fully saturated rings. The Morgan fingerprint density at radius 3 is 2.53 bits per heavy atom. The molecule has 1 N–H and O–H groups in total. The zero-order valence-electron chi connectivity index (χ0n) is 12.1. The van der Waals surface area contributed by atoms with Crippen LogP contribution in [0.5, 0.6) is 0 Å². The minimum atomic E-state index is -0.138. The molecule has 0 unspecified atom stereocenters. The molecule has 19 heavy (non-hydrogen) atoms. The molecule has 2 rings (SSSR count). The molecule has 0 spiro atoms. The molecule has 106 valence electrons. The fourth-order valence-electron chi connectivity index (χ4n) is 3.06. The molecule has 0 amide bonds. The molecular weight excluding hydrogens is 258 g/mol. The Kier molecular flexibility index (Phi) is 4.54. The van der Waals surface area contributed by atoms with Gasteiger partial charge in [-0.2, -0.15) is 0 Å². The van der Waals surface area contributed by atoms with E-state index in [0.717, 1.165) is 31.0 Å². The first kappa shape index (κ1) is 14.8. The average Bonchev–Trinajstić information content (AvgIpc) is 2.76. The Morgan fingerprint density at radius 2 is 2.00 bits per heavy atom. The number of likely N-dealkylation sites (tertiary alicyclic amines) is 1. The molecule has 1 aromatic carbocycles. The van der Waals surface area contributed by atoms with Crippen molar-refractivity contribution in [3.05, 3.63) is 34.9 Å². The minimum absolute atomic E-state index is 0.123. The summed E-state index contributed by atoms with van der Waals surface area (Å²) in [5, 5.41) is 10.4. The van der Waals surface area contributed by atoms with Crippen molar-refractivity contribution < 1.29 is 5.11 Å². The molecule has 0 bridgehead atoms. The lowest BCUT2D eigenvalue weighted by Gasteiger charge is -2.33. The van der Waals surface area contributed by atoms with Crippen molar-refractivity contribution in [2.75, 3.05) is 13.1 Å². The van der Waals surface area contributed by atoms with Crippen LogP contribution in [-0.2, 0) is 5.41 Å². The van der Waals surface area contributed by atoms with Gasteiger partial charge in [-0.1, -0.05) is 37.6 Å². The number of β-amino-alcohol motifs (C(OH)–C–C–N with tert-alkyl or cyclic N) is 1. The van der Waals surface area contributed by atoms with Gasteiger partial charge in [0.05, 0.1) is 6.10 Å². The number of benzene rings is 1. The quantitative estimate of drug-likeness (QED) is 0.914. The standard InChI is InChI=1S/C16H24ClNO/c1-12(18-9-8-15(19)11-18)10-16(2,3)13-4-6-14(17)7-5-13/h4-7,12,15,19H,8-11H2,1-3H3/t12-,15-/m0/s1. The zero-order valence-corrected chi connectivity index (χ0v) is 12.8. The summed E-state index contributed by atoms with van der Waals surface area (Å²) in [6.07, 6.45) is 1.86. The van der Waals surface area contributed by atoms with Crippen molar-refractivity contribution in [2.45, 2.75) is 51.2 Å². The average molecular weight is 282 g/mol. The van der Waals surface area contributed by atoms with Gasteiger partial charge >= 0.3 is 0 Å². The SMILES string of the molecule is C[C@@H](CC(C)(C)c1ccc(Cl)cc1)N1CC[C@H](O)C1. The number of rotatable bonds is 4. The molecule has 1 aliphatic heterocycles. The van der Waals surface area contributed by atoms with E-state index < -0.39 is 0 Å². The van der Waals surface area contributed by atoms with Crippen molar-refractivity contribution in [1.82, 2.24) is 4.90 Å². The van der Waals surface area contributed by atoms with Crippen LogP contribution in [0.15, 0.2) is 24.3 Å². The van der Waals surface area contributed by atoms with E-state index in [9.17, 15) is 5.11 Å². The molecular formula is C16H24ClNO. The first-order valence-corrected chi connectivity index (χ1v) is 7.44. The van der Waals surface area contributed by atoms with Crippen LogP contribution in [0.2, 0.25) is 5.02 Å². The summed E-state index contributed by atoms with van der Waals surface area (Å²) >= 11 is 5.95. The molecule has 0 aromatic heterocycles. The van der Waals surface area contributed by atoms with Gasteiger partial charge in [-0.05, 0) is 42.9 Å². The number of hydrogen-bond donors (Lipinski definition) is 1. The highest BCUT2D eigenvalue weighted by Crippen LogP contribution is 2.31. The van der Waals surface area contributed by atoms with Crippen molar-refractivity contribution in [2.24, 2.45) is 0 Å². The van der Waals surface area contributed by atoms with E-state index in [1.54, 1.807) is 0 Å². The second kappa shape index (κ2) is 5.82. The van der Waals surface area contributed by atoms with Gasteiger partial charge in [-0.3, -0.25) is 4.90 Å². The van der Waals surface area contributed by atoms with E-state index in [-0.39, 0.29) is 11.5 Å². The van der Waals surface area contributed by atoms with Crippen LogP contribution in [0, 0.1) is 0 Å². The Hall–Kier alpha value is -0.570. The number of nitrogens with zero attached hydrogens (tertiary/aromatic N) is 1. The van der Waals surface area contributed by atoms with Gasteiger partial charge in [-0.15, -0.1) is 0 Å². The van der Waals surface area contributed by atoms with E-state index >= 15 is 0 Å². The Morgan fingerprint density at radius 1 is 1.37 bits per heavy atom. The maximum absolute atomic E-state index is 9.64. The Labute approximate surface area is 121 Å². The van der Waals surface area contributed by atoms with Gasteiger partial charge in [0.15, 0.2) is 0 Å². The molecule has 2 atom stereocenters. The summed E-state index contributed by atoms with van der Waals surface area (Å²) in [5.74, 6) is 0. The van der Waals surface area contributed by atoms with E-state index in [0.29, 0.717) is 6.04 Å². The monoisotopic (exact) mass is 281 g/mol. The van der Waals surface area contributed by atoms with Crippen molar-refractivity contribution in [1.29, 1.82) is 0 Å². The molecule has 3 heteroatoms. The maximum atomic E-state index is 9.64. The van der Waals surface area contributed by atoms with Crippen LogP contribution in [0.1, 0.15) is 39.2 Å². The molecule has 1 aliphatic rings. The summed E-state index contributed by atoms with van der Waals surface area (Å²) in [4.78, 5) is 2.39. The summed E-state index contributed by atoms with van der Waals surface area (Å²) < 4.78 is 0. The summed E-state index contributed by atoms with van der Waals surface area (Å²) in [6.45, 7) is 8.64. The predicted octanol–water partition coefficient (Wildman–Crippen LogP) is 3.46. The predicted molar refractivity (Wildman–Crippen MR) is 80.8 cm³/mol. The van der Waals surface area contributed by atoms with Gasteiger partial charge in [0.1, 0.15) is 0 Å². The smallest absolute Gasteiger partial charge is 0.0679 e. The second-order valence-electron chi connectivity index (χ2n) is 6.38. The third kappa shape index (κ3) is 3.71. The van der Waals surface area contributed by atoms with Crippen LogP contribution in [0.3, 0.4) is 0 Å². The van der Waals surface area contributed by atoms with Crippen LogP contribution in [0.25, 0.3) is 0 Å². The van der Waals surface area contributed by atoms with Crippen LogP contribution in [-0.4, -0.2) is 35.2 Å². The van der Waals surface area contributed by atoms with E-state index in [1.165, 1.54) is 5.56 Å². The molecule has 2 nitrogen and oxygen atoms in total. The summed E-state index contributed by atoms with van der Waals surface area (Å²) in [7, 11) is 0. The fraction of sp³-hybridized carbons (Fsp3) is 0.625. The number of aliphatic hydroxyl groups excluding tert-OH is 1. The van der Waals surface area contributed by atoms with Crippen LogP contribution < -0.4 is 0 Å². The number of aliphatic hydroxyl groups is 1. The third-order valence-electron chi connectivity index (χ3n) is 4.25. The van der Waals surface area contributed by atoms with Gasteiger partial charge in [0.25, 0.3) is 0 Å². The summed E-state index contributed by atoms with van der Waals surface area (Å²) in [5.41, 5.74) is 1.45. The van der Waals surface area contributed by atoms with Crippen molar-refractivity contribution in [3.63, 3.8) is 0 Å².